The fourth-order valence-electron chi connectivity index (χ4n) is 1.42. The van der Waals surface area contributed by atoms with Crippen LogP contribution in [0.15, 0.2) is 12.1 Å². The van der Waals surface area contributed by atoms with Crippen LogP contribution in [0.25, 0.3) is 0 Å². The SMILES string of the molecule is Cc1cc(C#N)c(C(C)C)cc1C#N. The molecule has 70 valence electrons. The third kappa shape index (κ3) is 1.75. The van der Waals surface area contributed by atoms with Gasteiger partial charge in [-0.05, 0) is 36.1 Å². The molecule has 0 fully saturated rings. The van der Waals surface area contributed by atoms with E-state index >= 15 is 0 Å². The Kier molecular flexibility index (Phi) is 2.89. The van der Waals surface area contributed by atoms with E-state index in [0.29, 0.717) is 11.1 Å². The molecule has 0 amide bonds. The maximum absolute atomic E-state index is 8.92. The van der Waals surface area contributed by atoms with Gasteiger partial charge in [0.2, 0.25) is 0 Å². The van der Waals surface area contributed by atoms with E-state index in [4.69, 9.17) is 10.5 Å². The largest absolute Gasteiger partial charge is 0.192 e. The topological polar surface area (TPSA) is 47.6 Å². The third-order valence-corrected chi connectivity index (χ3v) is 2.26. The van der Waals surface area contributed by atoms with Crippen molar-refractivity contribution in [2.45, 2.75) is 26.7 Å². The van der Waals surface area contributed by atoms with Crippen molar-refractivity contribution in [2.24, 2.45) is 0 Å². The highest BCUT2D eigenvalue weighted by Crippen LogP contribution is 2.22. The molecule has 0 bridgehead atoms. The molecule has 0 N–H and O–H groups in total. The van der Waals surface area contributed by atoms with E-state index in [0.717, 1.165) is 11.1 Å². The Labute approximate surface area is 84.4 Å². The monoisotopic (exact) mass is 184 g/mol. The summed E-state index contributed by atoms with van der Waals surface area (Å²) >= 11 is 0. The van der Waals surface area contributed by atoms with Gasteiger partial charge in [0.15, 0.2) is 0 Å². The van der Waals surface area contributed by atoms with Crippen LogP contribution in [-0.2, 0) is 0 Å². The number of aryl methyl sites for hydroxylation is 1. The molecule has 1 rings (SSSR count). The summed E-state index contributed by atoms with van der Waals surface area (Å²) in [5.74, 6) is 0.275. The van der Waals surface area contributed by atoms with Crippen molar-refractivity contribution in [2.75, 3.05) is 0 Å². The van der Waals surface area contributed by atoms with Gasteiger partial charge in [0, 0.05) is 0 Å². The average molecular weight is 184 g/mol. The van der Waals surface area contributed by atoms with Crippen LogP contribution in [-0.4, -0.2) is 0 Å². The Balaban J connectivity index is 3.44. The molecule has 14 heavy (non-hydrogen) atoms. The second-order valence-corrected chi connectivity index (χ2v) is 3.63. The number of benzene rings is 1. The van der Waals surface area contributed by atoms with Crippen molar-refractivity contribution in [3.63, 3.8) is 0 Å². The van der Waals surface area contributed by atoms with Crippen LogP contribution in [0.3, 0.4) is 0 Å². The molecule has 2 nitrogen and oxygen atoms in total. The summed E-state index contributed by atoms with van der Waals surface area (Å²) in [5.41, 5.74) is 3.16. The number of hydrogen-bond donors (Lipinski definition) is 0. The van der Waals surface area contributed by atoms with Gasteiger partial charge in [0.1, 0.15) is 0 Å². The first-order valence-corrected chi connectivity index (χ1v) is 4.55. The average Bonchev–Trinajstić information content (AvgIpc) is 2.16. The first-order chi connectivity index (χ1) is 6.60. The van der Waals surface area contributed by atoms with Crippen molar-refractivity contribution in [1.29, 1.82) is 10.5 Å². The van der Waals surface area contributed by atoms with Gasteiger partial charge in [-0.25, -0.2) is 0 Å². The zero-order valence-corrected chi connectivity index (χ0v) is 8.63. The molecule has 0 aliphatic heterocycles. The van der Waals surface area contributed by atoms with Crippen molar-refractivity contribution in [3.05, 3.63) is 34.4 Å². The molecule has 0 spiro atoms. The van der Waals surface area contributed by atoms with Gasteiger partial charge in [-0.15, -0.1) is 0 Å². The number of hydrogen-bond acceptors (Lipinski definition) is 2. The number of nitrogens with zero attached hydrogens (tertiary/aromatic N) is 2. The predicted octanol–water partition coefficient (Wildman–Crippen LogP) is 2.86. The zero-order valence-electron chi connectivity index (χ0n) is 8.63. The van der Waals surface area contributed by atoms with Crippen LogP contribution in [0.4, 0.5) is 0 Å². The molecule has 0 aromatic heterocycles. The molecule has 1 aromatic rings. The van der Waals surface area contributed by atoms with E-state index in [9.17, 15) is 0 Å². The van der Waals surface area contributed by atoms with Gasteiger partial charge in [-0.3, -0.25) is 0 Å². The highest BCUT2D eigenvalue weighted by Gasteiger charge is 2.09. The molecule has 0 saturated carbocycles. The van der Waals surface area contributed by atoms with E-state index in [-0.39, 0.29) is 5.92 Å². The lowest BCUT2D eigenvalue weighted by molar-refractivity contribution is 0.861. The van der Waals surface area contributed by atoms with Crippen LogP contribution in [0.1, 0.15) is 42.0 Å². The highest BCUT2D eigenvalue weighted by molar-refractivity contribution is 5.49. The normalized spacial score (nSPS) is 9.57. The minimum absolute atomic E-state index is 0.275. The smallest absolute Gasteiger partial charge is 0.0994 e. The van der Waals surface area contributed by atoms with Gasteiger partial charge in [0.05, 0.1) is 23.3 Å². The summed E-state index contributed by atoms with van der Waals surface area (Å²) in [6.45, 7) is 5.89. The molecule has 0 heterocycles. The van der Waals surface area contributed by atoms with Crippen LogP contribution in [0, 0.1) is 29.6 Å². The van der Waals surface area contributed by atoms with Crippen molar-refractivity contribution in [3.8, 4) is 12.1 Å². The lowest BCUT2D eigenvalue weighted by Crippen LogP contribution is -1.96. The molecule has 1 aromatic carbocycles. The Morgan fingerprint density at radius 3 is 2.07 bits per heavy atom. The fraction of sp³-hybridized carbons (Fsp3) is 0.333. The van der Waals surface area contributed by atoms with Gasteiger partial charge >= 0.3 is 0 Å². The maximum atomic E-state index is 8.92. The standard InChI is InChI=1S/C12H12N2/c1-8(2)12-5-10(6-13)9(3)4-11(12)7-14/h4-5,8H,1-3H3. The number of rotatable bonds is 1. The summed E-state index contributed by atoms with van der Waals surface area (Å²) in [7, 11) is 0. The molecular weight excluding hydrogens is 172 g/mol. The van der Waals surface area contributed by atoms with E-state index in [1.54, 1.807) is 6.07 Å². The summed E-state index contributed by atoms with van der Waals surface area (Å²) in [6.07, 6.45) is 0. The summed E-state index contributed by atoms with van der Waals surface area (Å²) in [5, 5.41) is 17.8. The Morgan fingerprint density at radius 1 is 1.07 bits per heavy atom. The molecular formula is C12H12N2. The molecule has 0 atom stereocenters. The molecule has 0 unspecified atom stereocenters. The van der Waals surface area contributed by atoms with Crippen LogP contribution >= 0.6 is 0 Å². The van der Waals surface area contributed by atoms with Gasteiger partial charge < -0.3 is 0 Å². The minimum Gasteiger partial charge on any atom is -0.192 e. The summed E-state index contributed by atoms with van der Waals surface area (Å²) in [4.78, 5) is 0. The molecule has 0 saturated heterocycles. The quantitative estimate of drug-likeness (QED) is 0.673. The van der Waals surface area contributed by atoms with E-state index in [2.05, 4.69) is 12.1 Å². The first kappa shape index (κ1) is 10.3. The summed E-state index contributed by atoms with van der Waals surface area (Å²) in [6, 6.07) is 7.90. The highest BCUT2D eigenvalue weighted by atomic mass is 14.3. The zero-order chi connectivity index (χ0) is 10.7. The Morgan fingerprint density at radius 2 is 1.64 bits per heavy atom. The van der Waals surface area contributed by atoms with E-state index in [1.807, 2.05) is 26.8 Å². The van der Waals surface area contributed by atoms with Crippen LogP contribution in [0.2, 0.25) is 0 Å². The Bertz CT molecular complexity index is 431. The molecule has 0 radical (unpaired) electrons. The van der Waals surface area contributed by atoms with E-state index < -0.39 is 0 Å². The van der Waals surface area contributed by atoms with Crippen molar-refractivity contribution < 1.29 is 0 Å². The first-order valence-electron chi connectivity index (χ1n) is 4.55. The minimum atomic E-state index is 0.275. The third-order valence-electron chi connectivity index (χ3n) is 2.26. The van der Waals surface area contributed by atoms with Crippen LogP contribution in [0.5, 0.6) is 0 Å². The van der Waals surface area contributed by atoms with Gasteiger partial charge in [-0.2, -0.15) is 10.5 Å². The maximum Gasteiger partial charge on any atom is 0.0994 e. The molecule has 0 aliphatic rings. The van der Waals surface area contributed by atoms with Crippen molar-refractivity contribution in [1.82, 2.24) is 0 Å². The lowest BCUT2D eigenvalue weighted by Gasteiger charge is -2.09. The second-order valence-electron chi connectivity index (χ2n) is 3.63. The second kappa shape index (κ2) is 3.94. The molecule has 2 heteroatoms. The lowest BCUT2D eigenvalue weighted by atomic mass is 9.93. The Hall–Kier alpha value is -1.80. The van der Waals surface area contributed by atoms with Gasteiger partial charge in [-0.1, -0.05) is 13.8 Å². The van der Waals surface area contributed by atoms with Crippen LogP contribution < -0.4 is 0 Å². The fourth-order valence-corrected chi connectivity index (χ4v) is 1.42. The van der Waals surface area contributed by atoms with E-state index in [1.165, 1.54) is 0 Å². The van der Waals surface area contributed by atoms with Gasteiger partial charge in [0.25, 0.3) is 0 Å². The van der Waals surface area contributed by atoms with Crippen molar-refractivity contribution >= 4 is 0 Å². The number of nitriles is 2. The molecule has 0 aliphatic carbocycles. The summed E-state index contributed by atoms with van der Waals surface area (Å²) < 4.78 is 0. The predicted molar refractivity (Wildman–Crippen MR) is 54.7 cm³/mol.